The number of rotatable bonds is 4. The van der Waals surface area contributed by atoms with E-state index in [1.165, 1.54) is 0 Å². The molecular weight excluding hydrogens is 363 g/mol. The first-order valence-corrected chi connectivity index (χ1v) is 6.70. The molecule has 0 bridgehead atoms. The molecule has 2 aromatic rings. The predicted molar refractivity (Wildman–Crippen MR) is 77.9 cm³/mol. The molecule has 0 aliphatic rings. The van der Waals surface area contributed by atoms with Gasteiger partial charge in [0.05, 0.1) is 30.4 Å². The highest BCUT2D eigenvalue weighted by Gasteiger charge is 2.38. The van der Waals surface area contributed by atoms with Gasteiger partial charge in [0.15, 0.2) is 5.69 Å². The summed E-state index contributed by atoms with van der Waals surface area (Å²) in [6.07, 6.45) is -3.17. The van der Waals surface area contributed by atoms with Crippen molar-refractivity contribution in [2.75, 3.05) is 14.2 Å². The average Bonchev–Trinajstić information content (AvgIpc) is 3.08. The predicted octanol–water partition coefficient (Wildman–Crippen LogP) is 2.37. The third kappa shape index (κ3) is 3.48. The van der Waals surface area contributed by atoms with Gasteiger partial charge in [-0.1, -0.05) is 0 Å². The first-order valence-electron chi connectivity index (χ1n) is 6.70. The molecule has 0 radical (unpaired) electrons. The van der Waals surface area contributed by atoms with E-state index in [0.717, 1.165) is 31.3 Å². The Hall–Kier alpha value is -3.44. The van der Waals surface area contributed by atoms with E-state index in [-0.39, 0.29) is 11.8 Å². The Morgan fingerprint density at radius 3 is 2.31 bits per heavy atom. The van der Waals surface area contributed by atoms with E-state index >= 15 is 0 Å². The van der Waals surface area contributed by atoms with E-state index in [2.05, 4.69) is 14.5 Å². The van der Waals surface area contributed by atoms with Crippen LogP contribution >= 0.6 is 0 Å². The SMILES string of the molecule is COC(=O)c1cn(-c2cc(C(=O)OC)c([N+](=O)[O-])cc2C(F)(F)F)cn1. The highest BCUT2D eigenvalue weighted by atomic mass is 19.4. The number of carbonyl (C=O) groups excluding carboxylic acids is 2. The highest BCUT2D eigenvalue weighted by Crippen LogP contribution is 2.38. The molecule has 0 saturated carbocycles. The summed E-state index contributed by atoms with van der Waals surface area (Å²) >= 11 is 0. The lowest BCUT2D eigenvalue weighted by molar-refractivity contribution is -0.385. The Morgan fingerprint density at radius 2 is 1.81 bits per heavy atom. The van der Waals surface area contributed by atoms with E-state index in [0.29, 0.717) is 6.07 Å². The van der Waals surface area contributed by atoms with E-state index in [1.54, 1.807) is 0 Å². The number of hydrogen-bond donors (Lipinski definition) is 0. The summed E-state index contributed by atoms with van der Waals surface area (Å²) in [4.78, 5) is 36.7. The van der Waals surface area contributed by atoms with Crippen LogP contribution in [0.2, 0.25) is 0 Å². The molecule has 1 heterocycles. The summed E-state index contributed by atoms with van der Waals surface area (Å²) in [5.41, 5.74) is -4.09. The largest absolute Gasteiger partial charge is 0.465 e. The minimum atomic E-state index is -4.98. The number of esters is 2. The smallest absolute Gasteiger partial charge is 0.418 e. The third-order valence-electron chi connectivity index (χ3n) is 3.28. The van der Waals surface area contributed by atoms with Gasteiger partial charge in [0.25, 0.3) is 5.69 Å². The van der Waals surface area contributed by atoms with Gasteiger partial charge < -0.3 is 14.0 Å². The van der Waals surface area contributed by atoms with Gasteiger partial charge in [-0.15, -0.1) is 0 Å². The minimum absolute atomic E-state index is 0.222. The number of hydrogen-bond acceptors (Lipinski definition) is 7. The molecule has 0 aliphatic heterocycles. The van der Waals surface area contributed by atoms with Crippen LogP contribution in [0.15, 0.2) is 24.7 Å². The summed E-state index contributed by atoms with van der Waals surface area (Å²) in [5, 5.41) is 11.1. The van der Waals surface area contributed by atoms with Crippen LogP contribution in [0.4, 0.5) is 18.9 Å². The number of nitro benzene ring substituents is 1. The van der Waals surface area contributed by atoms with Crippen molar-refractivity contribution in [1.82, 2.24) is 9.55 Å². The van der Waals surface area contributed by atoms with Gasteiger partial charge in [-0.3, -0.25) is 10.1 Å². The fraction of sp³-hybridized carbons (Fsp3) is 0.214. The van der Waals surface area contributed by atoms with Crippen LogP contribution in [-0.2, 0) is 15.7 Å². The number of nitro groups is 1. The maximum absolute atomic E-state index is 13.4. The molecule has 138 valence electrons. The zero-order valence-corrected chi connectivity index (χ0v) is 13.2. The van der Waals surface area contributed by atoms with E-state index in [4.69, 9.17) is 0 Å². The topological polar surface area (TPSA) is 114 Å². The molecular formula is C14H10F3N3O6. The van der Waals surface area contributed by atoms with E-state index in [1.807, 2.05) is 0 Å². The second-order valence-corrected chi connectivity index (χ2v) is 4.79. The Bertz CT molecular complexity index is 891. The Labute approximate surface area is 143 Å². The van der Waals surface area contributed by atoms with Crippen LogP contribution in [-0.4, -0.2) is 40.6 Å². The quantitative estimate of drug-likeness (QED) is 0.459. The molecule has 0 spiro atoms. The summed E-state index contributed by atoms with van der Waals surface area (Å²) < 4.78 is 49.7. The molecule has 0 saturated heterocycles. The molecule has 2 rings (SSSR count). The molecule has 26 heavy (non-hydrogen) atoms. The van der Waals surface area contributed by atoms with Crippen molar-refractivity contribution >= 4 is 17.6 Å². The minimum Gasteiger partial charge on any atom is -0.465 e. The Morgan fingerprint density at radius 1 is 1.19 bits per heavy atom. The van der Waals surface area contributed by atoms with Gasteiger partial charge in [0, 0.05) is 12.3 Å². The summed E-state index contributed by atoms with van der Waals surface area (Å²) in [6.45, 7) is 0. The van der Waals surface area contributed by atoms with Crippen molar-refractivity contribution in [3.8, 4) is 5.69 Å². The normalized spacial score (nSPS) is 11.1. The van der Waals surface area contributed by atoms with E-state index in [9.17, 15) is 32.9 Å². The molecule has 0 N–H and O–H groups in total. The first-order chi connectivity index (χ1) is 12.1. The fourth-order valence-electron chi connectivity index (χ4n) is 2.11. The van der Waals surface area contributed by atoms with Crippen molar-refractivity contribution in [3.05, 3.63) is 51.6 Å². The molecule has 0 aliphatic carbocycles. The maximum Gasteiger partial charge on any atom is 0.418 e. The van der Waals surface area contributed by atoms with Gasteiger partial charge in [0.2, 0.25) is 0 Å². The lowest BCUT2D eigenvalue weighted by atomic mass is 10.1. The number of carbonyl (C=O) groups is 2. The van der Waals surface area contributed by atoms with Crippen molar-refractivity contribution in [2.45, 2.75) is 6.18 Å². The van der Waals surface area contributed by atoms with Crippen molar-refractivity contribution < 1.29 is 37.2 Å². The number of alkyl halides is 3. The van der Waals surface area contributed by atoms with Crippen molar-refractivity contribution in [3.63, 3.8) is 0 Å². The summed E-state index contributed by atoms with van der Waals surface area (Å²) in [7, 11) is 1.99. The van der Waals surface area contributed by atoms with Gasteiger partial charge in [0.1, 0.15) is 11.9 Å². The van der Waals surface area contributed by atoms with Gasteiger partial charge in [-0.2, -0.15) is 13.2 Å². The summed E-state index contributed by atoms with van der Waals surface area (Å²) in [5.74, 6) is -2.09. The van der Waals surface area contributed by atoms with Gasteiger partial charge in [-0.05, 0) is 6.07 Å². The lowest BCUT2D eigenvalue weighted by Gasteiger charge is -2.14. The number of imidazole rings is 1. The number of ether oxygens (including phenoxy) is 2. The molecule has 0 unspecified atom stereocenters. The van der Waals surface area contributed by atoms with Crippen LogP contribution in [0.25, 0.3) is 5.69 Å². The number of nitrogens with zero attached hydrogens (tertiary/aromatic N) is 3. The zero-order valence-electron chi connectivity index (χ0n) is 13.2. The number of methoxy groups -OCH3 is 2. The molecule has 1 aromatic heterocycles. The lowest BCUT2D eigenvalue weighted by Crippen LogP contribution is -2.14. The highest BCUT2D eigenvalue weighted by molar-refractivity contribution is 5.95. The van der Waals surface area contributed by atoms with Crippen LogP contribution in [0.3, 0.4) is 0 Å². The zero-order chi connectivity index (χ0) is 19.6. The fourth-order valence-corrected chi connectivity index (χ4v) is 2.11. The molecule has 0 atom stereocenters. The van der Waals surface area contributed by atoms with Gasteiger partial charge >= 0.3 is 18.1 Å². The number of halogens is 3. The monoisotopic (exact) mass is 373 g/mol. The average molecular weight is 373 g/mol. The number of benzene rings is 1. The van der Waals surface area contributed by atoms with Crippen LogP contribution in [0, 0.1) is 10.1 Å². The summed E-state index contributed by atoms with van der Waals surface area (Å²) in [6, 6.07) is 0.870. The first kappa shape index (κ1) is 18.9. The third-order valence-corrected chi connectivity index (χ3v) is 3.28. The van der Waals surface area contributed by atoms with Crippen LogP contribution in [0.5, 0.6) is 0 Å². The Balaban J connectivity index is 2.77. The molecule has 0 fully saturated rings. The van der Waals surface area contributed by atoms with Gasteiger partial charge in [-0.25, -0.2) is 14.6 Å². The molecule has 0 amide bonds. The second kappa shape index (κ2) is 6.82. The van der Waals surface area contributed by atoms with E-state index < -0.39 is 45.5 Å². The standard InChI is InChI=1S/C14H10F3N3O6/c1-25-12(21)7-3-11(19-5-9(18-6-19)13(22)26-2)8(14(15,16)17)4-10(7)20(23)24/h3-6H,1-2H3. The van der Waals surface area contributed by atoms with Crippen LogP contribution < -0.4 is 0 Å². The Kier molecular flexibility index (Phi) is 4.95. The van der Waals surface area contributed by atoms with Crippen molar-refractivity contribution in [1.29, 1.82) is 0 Å². The van der Waals surface area contributed by atoms with Crippen LogP contribution in [0.1, 0.15) is 26.4 Å². The molecule has 9 nitrogen and oxygen atoms in total. The maximum atomic E-state index is 13.4. The molecule has 12 heteroatoms. The van der Waals surface area contributed by atoms with Crippen molar-refractivity contribution in [2.24, 2.45) is 0 Å². The second-order valence-electron chi connectivity index (χ2n) is 4.79. The molecule has 1 aromatic carbocycles. The number of aromatic nitrogens is 2.